The van der Waals surface area contributed by atoms with Crippen molar-refractivity contribution in [3.8, 4) is 0 Å². The number of Topliss-reactive ketones (excluding diaryl/α,β-unsaturated/α-hetero) is 2. The number of hydrogen-bond acceptors (Lipinski definition) is 5. The van der Waals surface area contributed by atoms with Gasteiger partial charge in [0.15, 0.2) is 11.6 Å². The SMILES string of the molecule is O=C(CC(CC(=O)c1ccc(Cl)nc1)c1cccs1)c1ccc(Cl)nc1. The number of carbonyl (C=O) groups excluding carboxylic acids is 2. The quantitative estimate of drug-likeness (QED) is 0.386. The van der Waals surface area contributed by atoms with E-state index in [1.807, 2.05) is 17.5 Å². The number of nitrogens with zero attached hydrogens (tertiary/aromatic N) is 2. The first-order valence-electron chi connectivity index (χ1n) is 7.86. The predicted molar refractivity (Wildman–Crippen MR) is 103 cm³/mol. The Kier molecular flexibility index (Phi) is 6.14. The first kappa shape index (κ1) is 18.7. The minimum absolute atomic E-state index is 0.0744. The molecule has 0 amide bonds. The first-order chi connectivity index (χ1) is 12.5. The lowest BCUT2D eigenvalue weighted by Crippen LogP contribution is -2.12. The molecular formula is C19H14Cl2N2O2S. The van der Waals surface area contributed by atoms with Crippen molar-refractivity contribution in [1.82, 2.24) is 9.97 Å². The lowest BCUT2D eigenvalue weighted by atomic mass is 9.91. The lowest BCUT2D eigenvalue weighted by Gasteiger charge is -2.14. The van der Waals surface area contributed by atoms with Gasteiger partial charge in [0.1, 0.15) is 10.3 Å². The summed E-state index contributed by atoms with van der Waals surface area (Å²) >= 11 is 13.1. The van der Waals surface area contributed by atoms with E-state index in [1.165, 1.54) is 23.7 Å². The highest BCUT2D eigenvalue weighted by molar-refractivity contribution is 7.10. The van der Waals surface area contributed by atoms with Crippen LogP contribution in [0.3, 0.4) is 0 Å². The van der Waals surface area contributed by atoms with Crippen LogP contribution in [0, 0.1) is 0 Å². The van der Waals surface area contributed by atoms with Crippen molar-refractivity contribution < 1.29 is 9.59 Å². The maximum absolute atomic E-state index is 12.6. The fraction of sp³-hybridized carbons (Fsp3) is 0.158. The summed E-state index contributed by atoms with van der Waals surface area (Å²) in [6.45, 7) is 0. The van der Waals surface area contributed by atoms with Crippen LogP contribution in [0.15, 0.2) is 54.2 Å². The molecule has 0 aromatic carbocycles. The molecule has 0 saturated heterocycles. The van der Waals surface area contributed by atoms with Gasteiger partial charge < -0.3 is 0 Å². The average Bonchev–Trinajstić information content (AvgIpc) is 3.16. The van der Waals surface area contributed by atoms with Gasteiger partial charge in [-0.15, -0.1) is 11.3 Å². The number of pyridine rings is 2. The van der Waals surface area contributed by atoms with Crippen LogP contribution in [0.4, 0.5) is 0 Å². The standard InChI is InChI=1S/C19H14Cl2N2O2S/c20-18-5-3-12(10-22-18)15(24)8-14(17-2-1-7-26-17)9-16(25)13-4-6-19(21)23-11-13/h1-7,10-11,14H,8-9H2. The number of halogens is 2. The summed E-state index contributed by atoms with van der Waals surface area (Å²) in [5.41, 5.74) is 0.966. The van der Waals surface area contributed by atoms with Crippen LogP contribution in [-0.4, -0.2) is 21.5 Å². The second-order valence-corrected chi connectivity index (χ2v) is 7.46. The Balaban J connectivity index is 1.77. The molecule has 0 aliphatic heterocycles. The fourth-order valence-electron chi connectivity index (χ4n) is 2.56. The van der Waals surface area contributed by atoms with Crippen molar-refractivity contribution in [3.63, 3.8) is 0 Å². The van der Waals surface area contributed by atoms with Crippen LogP contribution < -0.4 is 0 Å². The number of aromatic nitrogens is 2. The summed E-state index contributed by atoms with van der Waals surface area (Å²) in [5.74, 6) is -0.356. The second-order valence-electron chi connectivity index (χ2n) is 5.71. The third-order valence-electron chi connectivity index (χ3n) is 3.91. The van der Waals surface area contributed by atoms with Crippen molar-refractivity contribution in [2.24, 2.45) is 0 Å². The smallest absolute Gasteiger partial charge is 0.165 e. The van der Waals surface area contributed by atoms with Gasteiger partial charge in [-0.3, -0.25) is 9.59 Å². The molecule has 3 aromatic heterocycles. The predicted octanol–water partition coefficient (Wildman–Crippen LogP) is 5.47. The minimum Gasteiger partial charge on any atom is -0.294 e. The number of hydrogen-bond donors (Lipinski definition) is 0. The molecule has 0 atom stereocenters. The van der Waals surface area contributed by atoms with Gasteiger partial charge in [0.05, 0.1) is 0 Å². The molecule has 132 valence electrons. The van der Waals surface area contributed by atoms with E-state index in [-0.39, 0.29) is 30.3 Å². The van der Waals surface area contributed by atoms with Crippen LogP contribution in [0.25, 0.3) is 0 Å². The van der Waals surface area contributed by atoms with Crippen molar-refractivity contribution >= 4 is 46.1 Å². The molecule has 7 heteroatoms. The van der Waals surface area contributed by atoms with Crippen LogP contribution in [0.2, 0.25) is 10.3 Å². The van der Waals surface area contributed by atoms with Crippen LogP contribution >= 0.6 is 34.5 Å². The van der Waals surface area contributed by atoms with Crippen LogP contribution in [-0.2, 0) is 0 Å². The van der Waals surface area contributed by atoms with Gasteiger partial charge >= 0.3 is 0 Å². The van der Waals surface area contributed by atoms with E-state index in [2.05, 4.69) is 9.97 Å². The van der Waals surface area contributed by atoms with Gasteiger partial charge in [-0.2, -0.15) is 0 Å². The molecule has 0 bridgehead atoms. The summed E-state index contributed by atoms with van der Waals surface area (Å²) in [7, 11) is 0. The van der Waals surface area contributed by atoms with E-state index >= 15 is 0 Å². The van der Waals surface area contributed by atoms with Gasteiger partial charge in [-0.05, 0) is 35.7 Å². The van der Waals surface area contributed by atoms with Gasteiger partial charge in [0, 0.05) is 47.2 Å². The monoisotopic (exact) mass is 404 g/mol. The van der Waals surface area contributed by atoms with E-state index in [0.29, 0.717) is 21.4 Å². The molecule has 0 saturated carbocycles. The molecule has 4 nitrogen and oxygen atoms in total. The van der Waals surface area contributed by atoms with Crippen molar-refractivity contribution in [1.29, 1.82) is 0 Å². The lowest BCUT2D eigenvalue weighted by molar-refractivity contribution is 0.0945. The minimum atomic E-state index is -0.207. The van der Waals surface area contributed by atoms with E-state index < -0.39 is 0 Å². The molecule has 3 aromatic rings. The van der Waals surface area contributed by atoms with E-state index in [0.717, 1.165) is 4.88 Å². The largest absolute Gasteiger partial charge is 0.294 e. The third kappa shape index (κ3) is 4.75. The Morgan fingerprint density at radius 3 is 1.81 bits per heavy atom. The number of carbonyl (C=O) groups is 2. The summed E-state index contributed by atoms with van der Waals surface area (Å²) in [6, 6.07) is 10.3. The van der Waals surface area contributed by atoms with E-state index in [1.54, 1.807) is 24.3 Å². The molecule has 26 heavy (non-hydrogen) atoms. The molecular weight excluding hydrogens is 391 g/mol. The van der Waals surface area contributed by atoms with Gasteiger partial charge in [-0.1, -0.05) is 29.3 Å². The number of ketones is 2. The molecule has 0 unspecified atom stereocenters. The second kappa shape index (κ2) is 8.54. The summed E-state index contributed by atoms with van der Waals surface area (Å²) < 4.78 is 0. The van der Waals surface area contributed by atoms with E-state index in [9.17, 15) is 9.59 Å². The third-order valence-corrected chi connectivity index (χ3v) is 5.39. The molecule has 0 fully saturated rings. The zero-order valence-corrected chi connectivity index (χ0v) is 15.9. The molecule has 0 aliphatic carbocycles. The molecule has 0 spiro atoms. The number of thiophene rings is 1. The molecule has 0 radical (unpaired) electrons. The Morgan fingerprint density at radius 1 is 0.885 bits per heavy atom. The van der Waals surface area contributed by atoms with Crippen molar-refractivity contribution in [2.75, 3.05) is 0 Å². The van der Waals surface area contributed by atoms with Crippen LogP contribution in [0.1, 0.15) is 44.4 Å². The Bertz CT molecular complexity index is 835. The van der Waals surface area contributed by atoms with Crippen molar-refractivity contribution in [3.05, 3.63) is 80.5 Å². The molecule has 3 rings (SSSR count). The van der Waals surface area contributed by atoms with Gasteiger partial charge in [0.25, 0.3) is 0 Å². The first-order valence-corrected chi connectivity index (χ1v) is 9.49. The highest BCUT2D eigenvalue weighted by Crippen LogP contribution is 2.30. The zero-order valence-electron chi connectivity index (χ0n) is 13.6. The topological polar surface area (TPSA) is 59.9 Å². The fourth-order valence-corrected chi connectivity index (χ4v) is 3.62. The van der Waals surface area contributed by atoms with Gasteiger partial charge in [0.2, 0.25) is 0 Å². The molecule has 0 aliphatic rings. The Morgan fingerprint density at radius 2 is 1.42 bits per heavy atom. The molecule has 0 N–H and O–H groups in total. The highest BCUT2D eigenvalue weighted by atomic mass is 35.5. The zero-order chi connectivity index (χ0) is 18.5. The maximum atomic E-state index is 12.6. The summed E-state index contributed by atoms with van der Waals surface area (Å²) in [5, 5.41) is 2.61. The number of rotatable bonds is 7. The average molecular weight is 405 g/mol. The summed E-state index contributed by atoms with van der Waals surface area (Å²) in [6.07, 6.45) is 3.36. The van der Waals surface area contributed by atoms with E-state index in [4.69, 9.17) is 23.2 Å². The normalized spacial score (nSPS) is 10.9. The Hall–Kier alpha value is -2.08. The van der Waals surface area contributed by atoms with Gasteiger partial charge in [-0.25, -0.2) is 9.97 Å². The Labute approximate surface area is 164 Å². The summed E-state index contributed by atoms with van der Waals surface area (Å²) in [4.78, 5) is 34.1. The maximum Gasteiger partial charge on any atom is 0.165 e. The molecule has 3 heterocycles. The van der Waals surface area contributed by atoms with Crippen molar-refractivity contribution in [2.45, 2.75) is 18.8 Å². The highest BCUT2D eigenvalue weighted by Gasteiger charge is 2.22. The van der Waals surface area contributed by atoms with Crippen LogP contribution in [0.5, 0.6) is 0 Å².